The molecule has 0 atom stereocenters. The second kappa shape index (κ2) is 6.87. The normalized spacial score (nSPS) is 9.85. The van der Waals surface area contributed by atoms with Crippen LogP contribution in [0.15, 0.2) is 34.8 Å². The fourth-order valence-corrected chi connectivity index (χ4v) is 2.05. The Kier molecular flexibility index (Phi) is 4.91. The molecule has 0 spiro atoms. The lowest BCUT2D eigenvalue weighted by Crippen LogP contribution is -2.06. The van der Waals surface area contributed by atoms with Crippen LogP contribution < -0.4 is 10.6 Å². The number of benzene rings is 1. The van der Waals surface area contributed by atoms with Crippen molar-refractivity contribution in [1.29, 1.82) is 5.26 Å². The Morgan fingerprint density at radius 2 is 2.00 bits per heavy atom. The maximum Gasteiger partial charge on any atom is 0.136 e. The Morgan fingerprint density at radius 1 is 1.25 bits per heavy atom. The first kappa shape index (κ1) is 14.3. The van der Waals surface area contributed by atoms with Gasteiger partial charge in [0.15, 0.2) is 0 Å². The van der Waals surface area contributed by atoms with Crippen molar-refractivity contribution < 1.29 is 0 Å². The summed E-state index contributed by atoms with van der Waals surface area (Å²) in [6.45, 7) is 2.40. The number of nitrogens with one attached hydrogen (secondary N) is 2. The Morgan fingerprint density at radius 3 is 2.75 bits per heavy atom. The number of nitriles is 1. The topological polar surface area (TPSA) is 73.6 Å². The Hall–Kier alpha value is -2.13. The molecule has 0 aliphatic rings. The van der Waals surface area contributed by atoms with E-state index in [1.807, 2.05) is 37.3 Å². The van der Waals surface area contributed by atoms with Gasteiger partial charge in [0.25, 0.3) is 0 Å². The number of anilines is 3. The van der Waals surface area contributed by atoms with Crippen LogP contribution in [0, 0.1) is 18.3 Å². The van der Waals surface area contributed by atoms with Gasteiger partial charge in [-0.05, 0) is 35.0 Å². The highest BCUT2D eigenvalue weighted by Crippen LogP contribution is 2.25. The molecule has 1 aromatic heterocycles. The Bertz CT molecular complexity index is 636. The maximum absolute atomic E-state index is 8.54. The molecule has 102 valence electrons. The van der Waals surface area contributed by atoms with Gasteiger partial charge in [0.2, 0.25) is 0 Å². The molecule has 0 radical (unpaired) electrons. The zero-order valence-corrected chi connectivity index (χ0v) is 12.6. The van der Waals surface area contributed by atoms with Crippen molar-refractivity contribution >= 4 is 33.3 Å². The van der Waals surface area contributed by atoms with Gasteiger partial charge in [-0.1, -0.05) is 12.1 Å². The fourth-order valence-electron chi connectivity index (χ4n) is 1.67. The van der Waals surface area contributed by atoms with E-state index in [2.05, 4.69) is 42.6 Å². The van der Waals surface area contributed by atoms with Crippen molar-refractivity contribution in [2.45, 2.75) is 13.3 Å². The molecule has 0 saturated heterocycles. The van der Waals surface area contributed by atoms with Gasteiger partial charge in [-0.2, -0.15) is 5.26 Å². The number of halogens is 1. The second-order valence-corrected chi connectivity index (χ2v) is 4.98. The summed E-state index contributed by atoms with van der Waals surface area (Å²) in [5, 5.41) is 14.9. The molecule has 1 heterocycles. The summed E-state index contributed by atoms with van der Waals surface area (Å²) in [5.41, 5.74) is 0.938. The molecular weight excluding hydrogens is 318 g/mol. The van der Waals surface area contributed by atoms with E-state index in [-0.39, 0.29) is 0 Å². The number of aromatic nitrogens is 2. The predicted octanol–water partition coefficient (Wildman–Crippen LogP) is 3.62. The van der Waals surface area contributed by atoms with E-state index >= 15 is 0 Å². The van der Waals surface area contributed by atoms with Crippen LogP contribution in [0.25, 0.3) is 0 Å². The first-order chi connectivity index (χ1) is 9.69. The van der Waals surface area contributed by atoms with Crippen LogP contribution in [0.1, 0.15) is 12.2 Å². The van der Waals surface area contributed by atoms with E-state index in [1.165, 1.54) is 0 Å². The van der Waals surface area contributed by atoms with E-state index in [4.69, 9.17) is 5.26 Å². The van der Waals surface area contributed by atoms with Crippen molar-refractivity contribution in [3.63, 3.8) is 0 Å². The zero-order valence-electron chi connectivity index (χ0n) is 11.0. The quantitative estimate of drug-likeness (QED) is 0.818. The highest BCUT2D eigenvalue weighted by Gasteiger charge is 2.04. The monoisotopic (exact) mass is 331 g/mol. The third-order valence-electron chi connectivity index (χ3n) is 2.52. The van der Waals surface area contributed by atoms with Gasteiger partial charge in [0.1, 0.15) is 17.5 Å². The molecule has 0 saturated carbocycles. The first-order valence-electron chi connectivity index (χ1n) is 6.17. The lowest BCUT2D eigenvalue weighted by atomic mass is 10.3. The van der Waals surface area contributed by atoms with E-state index < -0.39 is 0 Å². The van der Waals surface area contributed by atoms with E-state index in [0.717, 1.165) is 10.2 Å². The average Bonchev–Trinajstić information content (AvgIpc) is 2.41. The van der Waals surface area contributed by atoms with Crippen LogP contribution in [0.2, 0.25) is 0 Å². The second-order valence-electron chi connectivity index (χ2n) is 4.13. The van der Waals surface area contributed by atoms with E-state index in [9.17, 15) is 0 Å². The molecule has 2 aromatic rings. The molecule has 0 unspecified atom stereocenters. The highest BCUT2D eigenvalue weighted by molar-refractivity contribution is 9.10. The standard InChI is InChI=1S/C14H14BrN5/c1-10-18-13(17-8-4-7-16)9-14(19-10)20-12-6-3-2-5-11(12)15/h2-3,5-6,9H,4,8H2,1H3,(H2,17,18,19,20). The third-order valence-corrected chi connectivity index (χ3v) is 3.21. The van der Waals surface area contributed by atoms with Crippen molar-refractivity contribution in [2.24, 2.45) is 0 Å². The Balaban J connectivity index is 2.16. The summed E-state index contributed by atoms with van der Waals surface area (Å²) >= 11 is 3.48. The van der Waals surface area contributed by atoms with Crippen LogP contribution in [-0.4, -0.2) is 16.5 Å². The maximum atomic E-state index is 8.54. The minimum absolute atomic E-state index is 0.441. The smallest absolute Gasteiger partial charge is 0.136 e. The van der Waals surface area contributed by atoms with E-state index in [1.54, 1.807) is 0 Å². The molecular formula is C14H14BrN5. The third kappa shape index (κ3) is 3.93. The minimum Gasteiger partial charge on any atom is -0.369 e. The molecule has 6 heteroatoms. The van der Waals surface area contributed by atoms with Crippen LogP contribution >= 0.6 is 15.9 Å². The number of hydrogen-bond acceptors (Lipinski definition) is 5. The van der Waals surface area contributed by atoms with Crippen LogP contribution in [0.3, 0.4) is 0 Å². The summed E-state index contributed by atoms with van der Waals surface area (Å²) in [7, 11) is 0. The van der Waals surface area contributed by atoms with Gasteiger partial charge in [0.05, 0.1) is 18.2 Å². The largest absolute Gasteiger partial charge is 0.369 e. The van der Waals surface area contributed by atoms with Crippen molar-refractivity contribution in [2.75, 3.05) is 17.2 Å². The average molecular weight is 332 g/mol. The number of hydrogen-bond donors (Lipinski definition) is 2. The molecule has 1 aromatic carbocycles. The van der Waals surface area contributed by atoms with Crippen molar-refractivity contribution in [1.82, 2.24) is 9.97 Å². The van der Waals surface area contributed by atoms with Crippen LogP contribution in [-0.2, 0) is 0 Å². The predicted molar refractivity (Wildman–Crippen MR) is 82.9 cm³/mol. The summed E-state index contributed by atoms with van der Waals surface area (Å²) in [5.74, 6) is 2.09. The summed E-state index contributed by atoms with van der Waals surface area (Å²) in [4.78, 5) is 8.64. The van der Waals surface area contributed by atoms with Gasteiger partial charge >= 0.3 is 0 Å². The zero-order chi connectivity index (χ0) is 14.4. The molecule has 0 aliphatic heterocycles. The molecule has 20 heavy (non-hydrogen) atoms. The highest BCUT2D eigenvalue weighted by atomic mass is 79.9. The van der Waals surface area contributed by atoms with Gasteiger partial charge < -0.3 is 10.6 Å². The van der Waals surface area contributed by atoms with Crippen molar-refractivity contribution in [3.05, 3.63) is 40.6 Å². The van der Waals surface area contributed by atoms with Crippen LogP contribution in [0.4, 0.5) is 17.3 Å². The molecule has 5 nitrogen and oxygen atoms in total. The SMILES string of the molecule is Cc1nc(NCCC#N)cc(Nc2ccccc2Br)n1. The number of aryl methyl sites for hydroxylation is 1. The molecule has 0 bridgehead atoms. The summed E-state index contributed by atoms with van der Waals surface area (Å²) in [6.07, 6.45) is 0.441. The molecule has 0 aliphatic carbocycles. The number of para-hydroxylation sites is 1. The van der Waals surface area contributed by atoms with Gasteiger partial charge in [0, 0.05) is 17.1 Å². The molecule has 0 amide bonds. The number of rotatable bonds is 5. The Labute approximate surface area is 126 Å². The summed E-state index contributed by atoms with van der Waals surface area (Å²) < 4.78 is 0.968. The number of nitrogens with zero attached hydrogens (tertiary/aromatic N) is 3. The van der Waals surface area contributed by atoms with Crippen molar-refractivity contribution in [3.8, 4) is 6.07 Å². The van der Waals surface area contributed by atoms with Gasteiger partial charge in [-0.15, -0.1) is 0 Å². The first-order valence-corrected chi connectivity index (χ1v) is 6.96. The summed E-state index contributed by atoms with van der Waals surface area (Å²) in [6, 6.07) is 11.7. The lowest BCUT2D eigenvalue weighted by molar-refractivity contribution is 1.01. The van der Waals surface area contributed by atoms with Gasteiger partial charge in [-0.3, -0.25) is 0 Å². The van der Waals surface area contributed by atoms with E-state index in [0.29, 0.717) is 30.4 Å². The molecule has 2 rings (SSSR count). The van der Waals surface area contributed by atoms with Gasteiger partial charge in [-0.25, -0.2) is 9.97 Å². The molecule has 2 N–H and O–H groups in total. The minimum atomic E-state index is 0.441. The molecule has 0 fully saturated rings. The van der Waals surface area contributed by atoms with Crippen LogP contribution in [0.5, 0.6) is 0 Å². The fraction of sp³-hybridized carbons (Fsp3) is 0.214. The lowest BCUT2D eigenvalue weighted by Gasteiger charge is -2.10.